The van der Waals surface area contributed by atoms with E-state index >= 15 is 0 Å². The molecule has 2 N–H and O–H groups in total. The number of ether oxygens (including phenoxy) is 3. The zero-order chi connectivity index (χ0) is 25.1. The van der Waals surface area contributed by atoms with Crippen LogP contribution in [0.2, 0.25) is 0 Å². The highest BCUT2D eigenvalue weighted by atomic mass is 79.9. The van der Waals surface area contributed by atoms with E-state index in [1.807, 2.05) is 30.3 Å². The van der Waals surface area contributed by atoms with Gasteiger partial charge in [0.05, 0.1) is 14.2 Å². The molecule has 194 valence electrons. The number of amides is 2. The SMILES string of the molecule is COc1ccc(C23CCC(NC(=O)Nc4cccc(Br)c4)CC2N(C2CCOCC2)CC3)cc1OC. The second-order valence-electron chi connectivity index (χ2n) is 10.2. The predicted octanol–water partition coefficient (Wildman–Crippen LogP) is 5.33. The van der Waals surface area contributed by atoms with Crippen molar-refractivity contribution in [3.63, 3.8) is 0 Å². The summed E-state index contributed by atoms with van der Waals surface area (Å²) in [5, 5.41) is 6.26. The van der Waals surface area contributed by atoms with Crippen LogP contribution in [0.25, 0.3) is 0 Å². The third-order valence-corrected chi connectivity index (χ3v) is 8.83. The average Bonchev–Trinajstić information content (AvgIpc) is 3.28. The summed E-state index contributed by atoms with van der Waals surface area (Å²) < 4.78 is 17.8. The number of halogens is 1. The lowest BCUT2D eigenvalue weighted by Gasteiger charge is -2.47. The second-order valence-corrected chi connectivity index (χ2v) is 11.1. The van der Waals surface area contributed by atoms with Crippen molar-refractivity contribution in [2.24, 2.45) is 0 Å². The van der Waals surface area contributed by atoms with Gasteiger partial charge < -0.3 is 24.8 Å². The van der Waals surface area contributed by atoms with E-state index in [-0.39, 0.29) is 17.5 Å². The minimum Gasteiger partial charge on any atom is -0.493 e. The van der Waals surface area contributed by atoms with E-state index < -0.39 is 0 Å². The Morgan fingerprint density at radius 2 is 1.86 bits per heavy atom. The highest BCUT2D eigenvalue weighted by Gasteiger charge is 2.53. The van der Waals surface area contributed by atoms with E-state index in [1.54, 1.807) is 14.2 Å². The number of rotatable bonds is 6. The Balaban J connectivity index is 1.37. The molecule has 7 nitrogen and oxygen atoms in total. The Labute approximate surface area is 222 Å². The molecule has 3 atom stereocenters. The molecule has 2 aliphatic heterocycles. The van der Waals surface area contributed by atoms with Crippen molar-refractivity contribution in [2.75, 3.05) is 39.3 Å². The van der Waals surface area contributed by atoms with Crippen LogP contribution >= 0.6 is 15.9 Å². The molecule has 2 saturated heterocycles. The van der Waals surface area contributed by atoms with Crippen LogP contribution in [0.15, 0.2) is 46.9 Å². The van der Waals surface area contributed by atoms with Gasteiger partial charge in [0.25, 0.3) is 0 Å². The van der Waals surface area contributed by atoms with Crippen molar-refractivity contribution < 1.29 is 19.0 Å². The Hall–Kier alpha value is -2.29. The first-order valence-electron chi connectivity index (χ1n) is 12.9. The first-order valence-corrected chi connectivity index (χ1v) is 13.7. The number of nitrogens with one attached hydrogen (secondary N) is 2. The standard InChI is InChI=1S/C28H36BrN3O4/c1-34-24-7-6-19(16-25(24)35-2)28-11-8-22(31-27(33)30-21-5-3-4-20(29)17-21)18-26(28)32(13-12-28)23-9-14-36-15-10-23/h3-7,16-17,22-23,26H,8-15,18H2,1-2H3,(H2,30,31,33). The zero-order valence-corrected chi connectivity index (χ0v) is 22.7. The van der Waals surface area contributed by atoms with Gasteiger partial charge in [-0.1, -0.05) is 28.1 Å². The lowest BCUT2D eigenvalue weighted by Crippen LogP contribution is -2.55. The molecule has 2 aromatic carbocycles. The van der Waals surface area contributed by atoms with Crippen LogP contribution in [-0.4, -0.2) is 63.0 Å². The third kappa shape index (κ3) is 5.08. The summed E-state index contributed by atoms with van der Waals surface area (Å²) >= 11 is 3.47. The van der Waals surface area contributed by atoms with E-state index in [4.69, 9.17) is 14.2 Å². The Bertz CT molecular complexity index is 1080. The van der Waals surface area contributed by atoms with E-state index in [1.165, 1.54) is 5.56 Å². The maximum Gasteiger partial charge on any atom is 0.319 e. The summed E-state index contributed by atoms with van der Waals surface area (Å²) in [5.41, 5.74) is 2.13. The largest absolute Gasteiger partial charge is 0.493 e. The summed E-state index contributed by atoms with van der Waals surface area (Å²) in [4.78, 5) is 15.6. The molecule has 0 aromatic heterocycles. The van der Waals surface area contributed by atoms with Gasteiger partial charge in [-0.05, 0) is 81.0 Å². The minimum atomic E-state index is -0.146. The van der Waals surface area contributed by atoms with Gasteiger partial charge in [-0.25, -0.2) is 4.79 Å². The van der Waals surface area contributed by atoms with Crippen molar-refractivity contribution in [1.29, 1.82) is 0 Å². The number of carbonyl (C=O) groups is 1. The van der Waals surface area contributed by atoms with Gasteiger partial charge in [-0.2, -0.15) is 0 Å². The van der Waals surface area contributed by atoms with Crippen molar-refractivity contribution in [1.82, 2.24) is 10.2 Å². The van der Waals surface area contributed by atoms with Crippen LogP contribution in [0.4, 0.5) is 10.5 Å². The van der Waals surface area contributed by atoms with Crippen molar-refractivity contribution in [3.05, 3.63) is 52.5 Å². The van der Waals surface area contributed by atoms with Crippen LogP contribution < -0.4 is 20.1 Å². The van der Waals surface area contributed by atoms with Crippen molar-refractivity contribution >= 4 is 27.6 Å². The van der Waals surface area contributed by atoms with Gasteiger partial charge >= 0.3 is 6.03 Å². The minimum absolute atomic E-state index is 0.0385. The van der Waals surface area contributed by atoms with Crippen LogP contribution in [0.3, 0.4) is 0 Å². The van der Waals surface area contributed by atoms with Gasteiger partial charge in [0.15, 0.2) is 11.5 Å². The average molecular weight is 559 g/mol. The smallest absolute Gasteiger partial charge is 0.319 e. The molecule has 8 heteroatoms. The van der Waals surface area contributed by atoms with Gasteiger partial charge in [-0.3, -0.25) is 4.90 Å². The highest BCUT2D eigenvalue weighted by molar-refractivity contribution is 9.10. The number of carbonyl (C=O) groups excluding carboxylic acids is 1. The van der Waals surface area contributed by atoms with E-state index in [2.05, 4.69) is 43.6 Å². The van der Waals surface area contributed by atoms with Crippen LogP contribution in [0, 0.1) is 0 Å². The molecule has 0 bridgehead atoms. The molecule has 5 rings (SSSR count). The Morgan fingerprint density at radius 3 is 2.61 bits per heavy atom. The summed E-state index contributed by atoms with van der Waals surface area (Å²) in [6, 6.07) is 15.0. The molecule has 2 aromatic rings. The Morgan fingerprint density at radius 1 is 1.06 bits per heavy atom. The molecule has 1 saturated carbocycles. The van der Waals surface area contributed by atoms with E-state index in [9.17, 15) is 4.79 Å². The quantitative estimate of drug-likeness (QED) is 0.502. The van der Waals surface area contributed by atoms with Gasteiger partial charge in [0.1, 0.15) is 0 Å². The number of fused-ring (bicyclic) bond motifs is 1. The predicted molar refractivity (Wildman–Crippen MR) is 144 cm³/mol. The number of urea groups is 1. The number of hydrogen-bond acceptors (Lipinski definition) is 5. The first kappa shape index (κ1) is 25.4. The lowest BCUT2D eigenvalue weighted by atomic mass is 9.65. The highest BCUT2D eigenvalue weighted by Crippen LogP contribution is 2.51. The fraction of sp³-hybridized carbons (Fsp3) is 0.536. The topological polar surface area (TPSA) is 72.1 Å². The number of benzene rings is 2. The van der Waals surface area contributed by atoms with Gasteiger partial charge in [0.2, 0.25) is 0 Å². The molecule has 0 radical (unpaired) electrons. The second kappa shape index (κ2) is 11.0. The summed E-state index contributed by atoms with van der Waals surface area (Å²) in [7, 11) is 3.38. The summed E-state index contributed by atoms with van der Waals surface area (Å²) in [6.07, 6.45) is 6.14. The molecule has 3 unspecified atom stereocenters. The van der Waals surface area contributed by atoms with Gasteiger partial charge in [-0.15, -0.1) is 0 Å². The number of anilines is 1. The molecule has 36 heavy (non-hydrogen) atoms. The monoisotopic (exact) mass is 557 g/mol. The number of likely N-dealkylation sites (tertiary alicyclic amines) is 1. The molecule has 3 fully saturated rings. The van der Waals surface area contributed by atoms with Gasteiger partial charge in [0, 0.05) is 46.9 Å². The Kier molecular flexibility index (Phi) is 7.74. The van der Waals surface area contributed by atoms with Crippen LogP contribution in [0.5, 0.6) is 11.5 Å². The molecule has 1 aliphatic carbocycles. The first-order chi connectivity index (χ1) is 17.5. The summed E-state index contributed by atoms with van der Waals surface area (Å²) in [6.45, 7) is 2.72. The molecular formula is C28H36BrN3O4. The van der Waals surface area contributed by atoms with E-state index in [0.717, 1.165) is 79.9 Å². The van der Waals surface area contributed by atoms with E-state index in [0.29, 0.717) is 12.1 Å². The molecular weight excluding hydrogens is 522 g/mol. The number of nitrogens with zero attached hydrogens (tertiary/aromatic N) is 1. The maximum atomic E-state index is 12.9. The fourth-order valence-corrected chi connectivity index (χ4v) is 6.97. The molecule has 2 heterocycles. The lowest BCUT2D eigenvalue weighted by molar-refractivity contribution is 0.0143. The zero-order valence-electron chi connectivity index (χ0n) is 21.1. The van der Waals surface area contributed by atoms with Crippen LogP contribution in [0.1, 0.15) is 44.1 Å². The number of hydrogen-bond donors (Lipinski definition) is 2. The van der Waals surface area contributed by atoms with Crippen molar-refractivity contribution in [2.45, 2.75) is 62.1 Å². The third-order valence-electron chi connectivity index (χ3n) is 8.34. The maximum absolute atomic E-state index is 12.9. The fourth-order valence-electron chi connectivity index (χ4n) is 6.57. The molecule has 3 aliphatic rings. The van der Waals surface area contributed by atoms with Crippen LogP contribution in [-0.2, 0) is 10.2 Å². The number of methoxy groups -OCH3 is 2. The molecule has 0 spiro atoms. The van der Waals surface area contributed by atoms with Crippen molar-refractivity contribution in [3.8, 4) is 11.5 Å². The normalized spacial score (nSPS) is 26.8. The summed E-state index contributed by atoms with van der Waals surface area (Å²) in [5.74, 6) is 1.54. The molecule has 2 amide bonds.